The molecule has 7 aromatic rings. The number of hydrogen-bond acceptors (Lipinski definition) is 3. The standard InChI is InChI=1S/C35H30N2S.C9H9N/c1-3-13-27(17-12-16-26(4-2)36-24-25-14-6-5-7-15-25)37-32-20-10-8-18-28(32)30-22-23-31-29-19-9-11-21-33(29)38-35(31)34(30)37;1-8(10-2)9-6-4-3-5-7-9/h3,5-23H,4,24H2,1-2H3;3-7H,1-2H2/b13-3-,16-12+,27-17+,36-26?;. The first-order valence-corrected chi connectivity index (χ1v) is 17.1. The smallest absolute Gasteiger partial charge is 0.0719 e. The first kappa shape index (κ1) is 32.4. The quantitative estimate of drug-likeness (QED) is 0.111. The highest BCUT2D eigenvalue weighted by atomic mass is 32.1. The van der Waals surface area contributed by atoms with Crippen LogP contribution in [0.3, 0.4) is 0 Å². The SMILES string of the molecule is C=NC(=C)c1ccccc1.C\C=C/C(=C\C=C\C(CC)=NCc1ccccc1)n1c2ccccc2c2ccc3c4ccccc4sc3c21. The number of nitrogens with zero attached hydrogens (tertiary/aromatic N) is 3. The van der Waals surface area contributed by atoms with Crippen molar-refractivity contribution in [3.05, 3.63) is 169 Å². The maximum Gasteiger partial charge on any atom is 0.0719 e. The Morgan fingerprint density at radius 3 is 2.15 bits per heavy atom. The number of fused-ring (bicyclic) bond motifs is 7. The summed E-state index contributed by atoms with van der Waals surface area (Å²) in [6.07, 6.45) is 11.7. The molecule has 48 heavy (non-hydrogen) atoms. The van der Waals surface area contributed by atoms with Gasteiger partial charge in [0.15, 0.2) is 0 Å². The highest BCUT2D eigenvalue weighted by Crippen LogP contribution is 2.42. The van der Waals surface area contributed by atoms with Crippen molar-refractivity contribution in [2.75, 3.05) is 0 Å². The largest absolute Gasteiger partial charge is 0.308 e. The lowest BCUT2D eigenvalue weighted by Gasteiger charge is -2.09. The number of hydrogen-bond donors (Lipinski definition) is 0. The van der Waals surface area contributed by atoms with Gasteiger partial charge in [0.1, 0.15) is 0 Å². The number of thiophene rings is 1. The fraction of sp³-hybridized carbons (Fsp3) is 0.0909. The molecule has 0 atom stereocenters. The zero-order valence-electron chi connectivity index (χ0n) is 27.5. The van der Waals surface area contributed by atoms with Crippen LogP contribution in [0.1, 0.15) is 31.4 Å². The number of allylic oxidation sites excluding steroid dienone is 6. The molecule has 236 valence electrons. The molecule has 2 heterocycles. The molecule has 0 unspecified atom stereocenters. The van der Waals surface area contributed by atoms with E-state index in [0.29, 0.717) is 6.54 Å². The molecule has 0 bridgehead atoms. The van der Waals surface area contributed by atoms with Crippen LogP contribution in [0.25, 0.3) is 53.4 Å². The number of rotatable bonds is 9. The minimum Gasteiger partial charge on any atom is -0.308 e. The molecule has 5 aromatic carbocycles. The summed E-state index contributed by atoms with van der Waals surface area (Å²) < 4.78 is 5.09. The van der Waals surface area contributed by atoms with Crippen molar-refractivity contribution < 1.29 is 0 Å². The van der Waals surface area contributed by atoms with Crippen molar-refractivity contribution in [1.29, 1.82) is 0 Å². The maximum atomic E-state index is 4.86. The van der Waals surface area contributed by atoms with Crippen LogP contribution in [0.15, 0.2) is 168 Å². The van der Waals surface area contributed by atoms with Crippen molar-refractivity contribution in [3.63, 3.8) is 0 Å². The molecule has 0 aliphatic rings. The number of benzene rings is 5. The molecule has 2 aromatic heterocycles. The summed E-state index contributed by atoms with van der Waals surface area (Å²) in [5.41, 5.74) is 7.71. The molecular formula is C44H39N3S. The normalized spacial score (nSPS) is 12.4. The zero-order chi connectivity index (χ0) is 33.3. The number of aliphatic imine (C=N–C) groups is 2. The molecule has 7 rings (SSSR count). The van der Waals surface area contributed by atoms with Crippen LogP contribution in [0.4, 0.5) is 0 Å². The summed E-state index contributed by atoms with van der Waals surface area (Å²) in [5, 5.41) is 5.21. The zero-order valence-corrected chi connectivity index (χ0v) is 28.3. The van der Waals surface area contributed by atoms with Crippen LogP contribution in [0.2, 0.25) is 0 Å². The topological polar surface area (TPSA) is 29.6 Å². The van der Waals surface area contributed by atoms with Gasteiger partial charge in [-0.25, -0.2) is 0 Å². The minimum absolute atomic E-state index is 0.705. The van der Waals surface area contributed by atoms with E-state index in [1.165, 1.54) is 47.5 Å². The van der Waals surface area contributed by atoms with Crippen LogP contribution in [0.5, 0.6) is 0 Å². The average molecular weight is 642 g/mol. The third-order valence-corrected chi connectivity index (χ3v) is 9.49. The van der Waals surface area contributed by atoms with E-state index in [9.17, 15) is 0 Å². The molecule has 0 aliphatic carbocycles. The van der Waals surface area contributed by atoms with Crippen LogP contribution in [0, 0.1) is 0 Å². The summed E-state index contributed by atoms with van der Waals surface area (Å²) in [7, 11) is 0. The Kier molecular flexibility index (Phi) is 10.3. The number of para-hydroxylation sites is 1. The Morgan fingerprint density at radius 1 is 0.750 bits per heavy atom. The Hall–Kier alpha value is -5.58. The first-order chi connectivity index (χ1) is 23.6. The molecule has 0 radical (unpaired) electrons. The van der Waals surface area contributed by atoms with Crippen LogP contribution >= 0.6 is 11.3 Å². The van der Waals surface area contributed by atoms with Crippen molar-refractivity contribution in [2.45, 2.75) is 26.8 Å². The summed E-state index contributed by atoms with van der Waals surface area (Å²) >= 11 is 1.88. The molecule has 0 spiro atoms. The average Bonchev–Trinajstić information content (AvgIpc) is 3.69. The van der Waals surface area contributed by atoms with Crippen molar-refractivity contribution in [1.82, 2.24) is 4.57 Å². The predicted octanol–water partition coefficient (Wildman–Crippen LogP) is 12.5. The second kappa shape index (κ2) is 15.3. The van der Waals surface area contributed by atoms with Gasteiger partial charge in [-0.3, -0.25) is 9.98 Å². The molecule has 0 saturated heterocycles. The van der Waals surface area contributed by atoms with E-state index in [4.69, 9.17) is 4.99 Å². The van der Waals surface area contributed by atoms with Gasteiger partial charge in [0.25, 0.3) is 0 Å². The third kappa shape index (κ3) is 6.90. The van der Waals surface area contributed by atoms with Gasteiger partial charge in [-0.15, -0.1) is 11.3 Å². The van der Waals surface area contributed by atoms with Crippen LogP contribution in [-0.2, 0) is 6.54 Å². The van der Waals surface area contributed by atoms with Gasteiger partial charge < -0.3 is 4.57 Å². The molecule has 0 aliphatic heterocycles. The Labute approximate surface area is 286 Å². The van der Waals surface area contributed by atoms with Gasteiger partial charge in [-0.2, -0.15) is 0 Å². The summed E-state index contributed by atoms with van der Waals surface area (Å²) in [6.45, 7) is 12.1. The minimum atomic E-state index is 0.705. The second-order valence-corrected chi connectivity index (χ2v) is 12.4. The van der Waals surface area contributed by atoms with Gasteiger partial charge in [0.2, 0.25) is 0 Å². The summed E-state index contributed by atoms with van der Waals surface area (Å²) in [5.74, 6) is 0. The van der Waals surface area contributed by atoms with Gasteiger partial charge in [-0.05, 0) is 61.5 Å². The molecular weight excluding hydrogens is 603 g/mol. The van der Waals surface area contributed by atoms with Crippen molar-refractivity contribution >= 4 is 77.1 Å². The molecule has 0 amide bonds. The van der Waals surface area contributed by atoms with E-state index in [-0.39, 0.29) is 0 Å². The van der Waals surface area contributed by atoms with E-state index < -0.39 is 0 Å². The Bertz CT molecular complexity index is 2330. The van der Waals surface area contributed by atoms with Crippen molar-refractivity contribution in [3.8, 4) is 0 Å². The lowest BCUT2D eigenvalue weighted by molar-refractivity contribution is 1.05. The third-order valence-electron chi connectivity index (χ3n) is 8.30. The van der Waals surface area contributed by atoms with Gasteiger partial charge in [0.05, 0.1) is 28.0 Å². The molecule has 3 nitrogen and oxygen atoms in total. The monoisotopic (exact) mass is 641 g/mol. The van der Waals surface area contributed by atoms with Gasteiger partial charge in [-0.1, -0.05) is 135 Å². The van der Waals surface area contributed by atoms with E-state index >= 15 is 0 Å². The first-order valence-electron chi connectivity index (χ1n) is 16.3. The maximum absolute atomic E-state index is 4.86. The summed E-state index contributed by atoms with van der Waals surface area (Å²) in [6, 6.07) is 42.3. The molecule has 0 saturated carbocycles. The van der Waals surface area contributed by atoms with Crippen LogP contribution < -0.4 is 0 Å². The Morgan fingerprint density at radius 2 is 1.42 bits per heavy atom. The fourth-order valence-electron chi connectivity index (χ4n) is 5.91. The highest BCUT2D eigenvalue weighted by Gasteiger charge is 2.17. The molecule has 4 heteroatoms. The molecule has 0 fully saturated rings. The summed E-state index contributed by atoms with van der Waals surface area (Å²) in [4.78, 5) is 8.57. The van der Waals surface area contributed by atoms with E-state index in [1.54, 1.807) is 0 Å². The van der Waals surface area contributed by atoms with Crippen LogP contribution in [-0.4, -0.2) is 17.0 Å². The van der Waals surface area contributed by atoms with E-state index in [0.717, 1.165) is 29.1 Å². The number of aromatic nitrogens is 1. The van der Waals surface area contributed by atoms with E-state index in [2.05, 4.69) is 152 Å². The fourth-order valence-corrected chi connectivity index (χ4v) is 7.15. The second-order valence-electron chi connectivity index (χ2n) is 11.4. The van der Waals surface area contributed by atoms with E-state index in [1.807, 2.05) is 47.7 Å². The highest BCUT2D eigenvalue weighted by molar-refractivity contribution is 7.26. The molecule has 0 N–H and O–H groups in total. The van der Waals surface area contributed by atoms with Gasteiger partial charge >= 0.3 is 0 Å². The van der Waals surface area contributed by atoms with Gasteiger partial charge in [0, 0.05) is 37.7 Å². The lowest BCUT2D eigenvalue weighted by atomic mass is 10.1. The van der Waals surface area contributed by atoms with Crippen molar-refractivity contribution in [2.24, 2.45) is 9.98 Å². The lowest BCUT2D eigenvalue weighted by Crippen LogP contribution is -1.95. The Balaban J connectivity index is 0.000000345. The predicted molar refractivity (Wildman–Crippen MR) is 213 cm³/mol.